The fraction of sp³-hybridized carbons (Fsp3) is 0.571. The van der Waals surface area contributed by atoms with Crippen molar-refractivity contribution in [2.45, 2.75) is 32.7 Å². The lowest BCUT2D eigenvalue weighted by Crippen LogP contribution is -2.31. The van der Waals surface area contributed by atoms with Gasteiger partial charge < -0.3 is 5.32 Å². The van der Waals surface area contributed by atoms with Gasteiger partial charge in [0.05, 0.1) is 5.75 Å². The summed E-state index contributed by atoms with van der Waals surface area (Å²) >= 11 is 0. The van der Waals surface area contributed by atoms with E-state index in [1.807, 2.05) is 13.8 Å². The molecule has 0 saturated heterocycles. The Labute approximate surface area is 120 Å². The Morgan fingerprint density at radius 3 is 2.65 bits per heavy atom. The molecule has 0 amide bonds. The van der Waals surface area contributed by atoms with E-state index < -0.39 is 10.0 Å². The molecule has 0 radical (unpaired) electrons. The third-order valence-electron chi connectivity index (χ3n) is 2.77. The van der Waals surface area contributed by atoms with Crippen LogP contribution >= 0.6 is 0 Å². The number of halogens is 1. The molecule has 0 aliphatic heterocycles. The van der Waals surface area contributed by atoms with Crippen molar-refractivity contribution in [3.8, 4) is 0 Å². The maximum atomic E-state index is 13.0. The summed E-state index contributed by atoms with van der Waals surface area (Å²) in [6.07, 6.45) is 1.06. The first kappa shape index (κ1) is 17.1. The molecular weight excluding hydrogens is 279 g/mol. The van der Waals surface area contributed by atoms with Crippen LogP contribution in [-0.2, 0) is 16.4 Å². The van der Waals surface area contributed by atoms with Crippen molar-refractivity contribution >= 4 is 10.0 Å². The average Bonchev–Trinajstić information content (AvgIpc) is 2.34. The topological polar surface area (TPSA) is 58.2 Å². The molecular formula is C14H23FN2O2S. The lowest BCUT2D eigenvalue weighted by molar-refractivity contribution is 0.561. The number of hydrogen-bond donors (Lipinski definition) is 2. The van der Waals surface area contributed by atoms with E-state index >= 15 is 0 Å². The van der Waals surface area contributed by atoms with Crippen LogP contribution in [0.4, 0.5) is 4.39 Å². The van der Waals surface area contributed by atoms with Crippen molar-refractivity contribution in [1.82, 2.24) is 10.0 Å². The lowest BCUT2D eigenvalue weighted by atomic mass is 10.1. The summed E-state index contributed by atoms with van der Waals surface area (Å²) in [4.78, 5) is 0. The van der Waals surface area contributed by atoms with E-state index in [-0.39, 0.29) is 11.6 Å². The van der Waals surface area contributed by atoms with Crippen LogP contribution in [-0.4, -0.2) is 33.3 Å². The highest BCUT2D eigenvalue weighted by molar-refractivity contribution is 7.89. The van der Waals surface area contributed by atoms with Crippen molar-refractivity contribution < 1.29 is 12.8 Å². The predicted octanol–water partition coefficient (Wildman–Crippen LogP) is 1.68. The molecule has 0 atom stereocenters. The molecule has 2 N–H and O–H groups in total. The monoisotopic (exact) mass is 302 g/mol. The number of sulfonamides is 1. The zero-order valence-electron chi connectivity index (χ0n) is 12.0. The van der Waals surface area contributed by atoms with Gasteiger partial charge >= 0.3 is 0 Å². The van der Waals surface area contributed by atoms with Crippen LogP contribution in [0.2, 0.25) is 0 Å². The van der Waals surface area contributed by atoms with Gasteiger partial charge in [0.2, 0.25) is 10.0 Å². The molecule has 0 aliphatic carbocycles. The van der Waals surface area contributed by atoms with Crippen LogP contribution in [0.1, 0.15) is 25.8 Å². The fourth-order valence-corrected chi connectivity index (χ4v) is 2.85. The smallest absolute Gasteiger partial charge is 0.211 e. The molecule has 4 nitrogen and oxygen atoms in total. The summed E-state index contributed by atoms with van der Waals surface area (Å²) in [5, 5.41) is 3.17. The Morgan fingerprint density at radius 1 is 1.25 bits per heavy atom. The third kappa shape index (κ3) is 7.57. The predicted molar refractivity (Wildman–Crippen MR) is 79.6 cm³/mol. The molecule has 0 heterocycles. The van der Waals surface area contributed by atoms with Gasteiger partial charge in [0.25, 0.3) is 0 Å². The van der Waals surface area contributed by atoms with Crippen LogP contribution < -0.4 is 10.0 Å². The third-order valence-corrected chi connectivity index (χ3v) is 4.24. The van der Waals surface area contributed by atoms with Crippen LogP contribution in [0.15, 0.2) is 24.3 Å². The zero-order valence-corrected chi connectivity index (χ0v) is 12.8. The maximum Gasteiger partial charge on any atom is 0.211 e. The Hall–Kier alpha value is -0.980. The number of rotatable bonds is 9. The molecule has 6 heteroatoms. The maximum absolute atomic E-state index is 13.0. The van der Waals surface area contributed by atoms with E-state index in [1.165, 1.54) is 12.1 Å². The second-order valence-electron chi connectivity index (χ2n) is 5.06. The highest BCUT2D eigenvalue weighted by Crippen LogP contribution is 2.03. The summed E-state index contributed by atoms with van der Waals surface area (Å²) in [6, 6.07) is 6.55. The minimum atomic E-state index is -3.24. The van der Waals surface area contributed by atoms with Gasteiger partial charge in [-0.3, -0.25) is 0 Å². The van der Waals surface area contributed by atoms with Gasteiger partial charge in [-0.2, -0.15) is 0 Å². The molecule has 20 heavy (non-hydrogen) atoms. The van der Waals surface area contributed by atoms with Gasteiger partial charge in [0.1, 0.15) is 5.82 Å². The Kier molecular flexibility index (Phi) is 7.12. The van der Waals surface area contributed by atoms with Crippen molar-refractivity contribution in [3.63, 3.8) is 0 Å². The molecule has 0 aliphatic rings. The van der Waals surface area contributed by atoms with Crippen LogP contribution in [0.25, 0.3) is 0 Å². The highest BCUT2D eigenvalue weighted by atomic mass is 32.2. The van der Waals surface area contributed by atoms with Gasteiger partial charge in [0, 0.05) is 12.6 Å². The molecule has 1 rings (SSSR count). The van der Waals surface area contributed by atoms with Crippen molar-refractivity contribution in [3.05, 3.63) is 35.6 Å². The lowest BCUT2D eigenvalue weighted by Gasteiger charge is -2.09. The van der Waals surface area contributed by atoms with E-state index in [1.54, 1.807) is 12.1 Å². The number of hydrogen-bond acceptors (Lipinski definition) is 3. The molecule has 1 aromatic rings. The second kappa shape index (κ2) is 8.34. The first-order valence-corrected chi connectivity index (χ1v) is 8.49. The van der Waals surface area contributed by atoms with Gasteiger partial charge in [-0.05, 0) is 37.1 Å². The molecule has 0 spiro atoms. The van der Waals surface area contributed by atoms with Crippen molar-refractivity contribution in [2.24, 2.45) is 0 Å². The Bertz CT molecular complexity index is 504. The number of benzene rings is 1. The van der Waals surface area contributed by atoms with Gasteiger partial charge in [-0.25, -0.2) is 17.5 Å². The molecule has 0 saturated carbocycles. The zero-order chi connectivity index (χ0) is 15.0. The second-order valence-corrected chi connectivity index (χ2v) is 6.98. The normalized spacial score (nSPS) is 12.0. The van der Waals surface area contributed by atoms with Crippen molar-refractivity contribution in [1.29, 1.82) is 0 Å². The minimum Gasteiger partial charge on any atom is -0.314 e. The number of nitrogens with one attached hydrogen (secondary N) is 2. The summed E-state index contributed by atoms with van der Waals surface area (Å²) in [5.41, 5.74) is 0.786. The highest BCUT2D eigenvalue weighted by Gasteiger charge is 2.09. The van der Waals surface area contributed by atoms with E-state index in [2.05, 4.69) is 10.0 Å². The molecule has 0 bridgehead atoms. The van der Waals surface area contributed by atoms with E-state index in [0.717, 1.165) is 5.56 Å². The Balaban J connectivity index is 2.26. The standard InChI is InChI=1S/C14H23FN2O2S/c1-12(2)16-8-4-10-20(18,19)17-9-7-13-5-3-6-14(15)11-13/h3,5-6,11-12,16-17H,4,7-10H2,1-2H3. The van der Waals surface area contributed by atoms with Crippen LogP contribution in [0.5, 0.6) is 0 Å². The van der Waals surface area contributed by atoms with E-state index in [9.17, 15) is 12.8 Å². The first-order chi connectivity index (χ1) is 9.39. The molecule has 0 fully saturated rings. The summed E-state index contributed by atoms with van der Waals surface area (Å²) in [7, 11) is -3.24. The molecule has 114 valence electrons. The first-order valence-electron chi connectivity index (χ1n) is 6.84. The minimum absolute atomic E-state index is 0.107. The van der Waals surface area contributed by atoms with Crippen LogP contribution in [0.3, 0.4) is 0 Å². The SMILES string of the molecule is CC(C)NCCCS(=O)(=O)NCCc1cccc(F)c1. The average molecular weight is 302 g/mol. The van der Waals surface area contributed by atoms with Gasteiger partial charge in [-0.15, -0.1) is 0 Å². The fourth-order valence-electron chi connectivity index (χ4n) is 1.77. The van der Waals surface area contributed by atoms with Crippen LogP contribution in [0, 0.1) is 5.82 Å². The molecule has 0 unspecified atom stereocenters. The van der Waals surface area contributed by atoms with Crippen molar-refractivity contribution in [2.75, 3.05) is 18.8 Å². The van der Waals surface area contributed by atoms with Gasteiger partial charge in [-0.1, -0.05) is 26.0 Å². The summed E-state index contributed by atoms with van der Waals surface area (Å²) in [5.74, 6) is -0.194. The van der Waals surface area contributed by atoms with E-state index in [0.29, 0.717) is 32.0 Å². The van der Waals surface area contributed by atoms with Gasteiger partial charge in [0.15, 0.2) is 0 Å². The summed E-state index contributed by atoms with van der Waals surface area (Å²) < 4.78 is 38.9. The quantitative estimate of drug-likeness (QED) is 0.682. The largest absolute Gasteiger partial charge is 0.314 e. The molecule has 0 aromatic heterocycles. The summed E-state index contributed by atoms with van der Waals surface area (Å²) in [6.45, 7) is 5.02. The Morgan fingerprint density at radius 2 is 2.00 bits per heavy atom. The molecule has 1 aromatic carbocycles. The van der Waals surface area contributed by atoms with E-state index in [4.69, 9.17) is 0 Å².